The van der Waals surface area contributed by atoms with Crippen molar-refractivity contribution < 1.29 is 18.3 Å². The largest absolute Gasteiger partial charge is 0.497 e. The fourth-order valence-electron chi connectivity index (χ4n) is 3.37. The number of nitrogens with zero attached hydrogens (tertiary/aromatic N) is 3. The van der Waals surface area contributed by atoms with Gasteiger partial charge in [0.25, 0.3) is 0 Å². The fourth-order valence-corrected chi connectivity index (χ4v) is 4.08. The van der Waals surface area contributed by atoms with Gasteiger partial charge in [-0.1, -0.05) is 24.3 Å². The summed E-state index contributed by atoms with van der Waals surface area (Å²) in [6, 6.07) is 17.6. The Labute approximate surface area is 201 Å². The van der Waals surface area contributed by atoms with Crippen LogP contribution in [0.15, 0.2) is 71.3 Å². The Hall–Kier alpha value is -3.72. The van der Waals surface area contributed by atoms with Gasteiger partial charge in [0.2, 0.25) is 11.0 Å². The zero-order valence-corrected chi connectivity index (χ0v) is 19.6. The van der Waals surface area contributed by atoms with E-state index in [9.17, 15) is 9.18 Å². The van der Waals surface area contributed by atoms with Gasteiger partial charge in [-0.05, 0) is 47.5 Å². The third kappa shape index (κ3) is 6.64. The molecule has 2 heterocycles. The van der Waals surface area contributed by atoms with Crippen LogP contribution in [0.4, 0.5) is 9.52 Å². The number of carbonyl (C=O) groups is 1. The van der Waals surface area contributed by atoms with Crippen LogP contribution in [-0.4, -0.2) is 28.9 Å². The Morgan fingerprint density at radius 2 is 2.00 bits per heavy atom. The molecule has 0 saturated carbocycles. The Bertz CT molecular complexity index is 1200. The number of methoxy groups -OCH3 is 1. The predicted molar refractivity (Wildman–Crippen MR) is 128 cm³/mol. The van der Waals surface area contributed by atoms with Crippen LogP contribution in [0, 0.1) is 5.82 Å². The maximum Gasteiger partial charge on any atom is 0.222 e. The minimum atomic E-state index is -0.300. The average Bonchev–Trinajstić information content (AvgIpc) is 3.54. The molecule has 0 saturated heterocycles. The van der Waals surface area contributed by atoms with E-state index in [4.69, 9.17) is 14.1 Å². The lowest BCUT2D eigenvalue weighted by atomic mass is 10.1. The normalized spacial score (nSPS) is 10.8. The summed E-state index contributed by atoms with van der Waals surface area (Å²) in [5.74, 6) is 1.87. The van der Waals surface area contributed by atoms with Crippen molar-refractivity contribution in [3.63, 3.8) is 0 Å². The van der Waals surface area contributed by atoms with E-state index in [1.807, 2.05) is 41.3 Å². The zero-order valence-electron chi connectivity index (χ0n) is 18.7. The van der Waals surface area contributed by atoms with E-state index in [2.05, 4.69) is 9.69 Å². The topological polar surface area (TPSA) is 80.5 Å². The van der Waals surface area contributed by atoms with Crippen LogP contribution in [0.25, 0.3) is 0 Å². The van der Waals surface area contributed by atoms with Crippen molar-refractivity contribution in [2.24, 2.45) is 0 Å². The maximum atomic E-state index is 13.1. The van der Waals surface area contributed by atoms with Gasteiger partial charge < -0.3 is 19.4 Å². The summed E-state index contributed by atoms with van der Waals surface area (Å²) in [6.45, 7) is 1.27. The number of hydrogen-bond donors (Lipinski definition) is 1. The first kappa shape index (κ1) is 23.4. The number of anilines is 1. The highest BCUT2D eigenvalue weighted by molar-refractivity contribution is 7.09. The predicted octanol–water partition coefficient (Wildman–Crippen LogP) is 4.58. The number of aromatic nitrogens is 2. The maximum absolute atomic E-state index is 13.1. The van der Waals surface area contributed by atoms with Crippen molar-refractivity contribution in [3.8, 4) is 5.75 Å². The van der Waals surface area contributed by atoms with Crippen LogP contribution in [0.5, 0.6) is 5.75 Å². The lowest BCUT2D eigenvalue weighted by Crippen LogP contribution is -2.30. The molecule has 4 aromatic rings. The van der Waals surface area contributed by atoms with Crippen LogP contribution in [-0.2, 0) is 24.3 Å². The molecule has 1 N–H and O–H groups in total. The molecule has 2 aromatic heterocycles. The highest BCUT2D eigenvalue weighted by Crippen LogP contribution is 2.23. The van der Waals surface area contributed by atoms with Crippen LogP contribution < -0.4 is 15.0 Å². The zero-order chi connectivity index (χ0) is 23.8. The lowest BCUT2D eigenvalue weighted by molar-refractivity contribution is -0.121. The molecule has 0 radical (unpaired) electrons. The van der Waals surface area contributed by atoms with Crippen molar-refractivity contribution in [1.29, 1.82) is 0 Å². The number of halogens is 1. The molecule has 0 bridgehead atoms. The Kier molecular flexibility index (Phi) is 7.87. The van der Waals surface area contributed by atoms with Gasteiger partial charge in [0.1, 0.15) is 23.2 Å². The summed E-state index contributed by atoms with van der Waals surface area (Å²) in [4.78, 5) is 19.1. The quantitative estimate of drug-likeness (QED) is 0.338. The number of rotatable bonds is 11. The van der Waals surface area contributed by atoms with Gasteiger partial charge in [0, 0.05) is 37.5 Å². The van der Waals surface area contributed by atoms with Crippen LogP contribution in [0.3, 0.4) is 0 Å². The van der Waals surface area contributed by atoms with E-state index in [-0.39, 0.29) is 18.1 Å². The monoisotopic (exact) mass is 480 g/mol. The molecule has 7 nitrogen and oxygen atoms in total. The fraction of sp³-hybridized carbons (Fsp3) is 0.240. The number of amides is 1. The van der Waals surface area contributed by atoms with Crippen molar-refractivity contribution in [2.75, 3.05) is 18.6 Å². The number of hydrogen-bond acceptors (Lipinski definition) is 7. The minimum absolute atomic E-state index is 0.102. The molecule has 34 heavy (non-hydrogen) atoms. The lowest BCUT2D eigenvalue weighted by Gasteiger charge is -2.20. The molecule has 4 rings (SSSR count). The van der Waals surface area contributed by atoms with Crippen LogP contribution in [0.1, 0.15) is 29.1 Å². The summed E-state index contributed by atoms with van der Waals surface area (Å²) in [5, 5.41) is 3.60. The summed E-state index contributed by atoms with van der Waals surface area (Å²) >= 11 is 1.30. The van der Waals surface area contributed by atoms with Gasteiger partial charge in [0.05, 0.1) is 19.9 Å². The standard InChI is InChI=1S/C25H25FN4O3S/c1-32-21-5-2-4-19(14-21)15-23-28-25(34-29-23)30(17-22-6-3-13-33-22)12-11-24(31)27-16-18-7-9-20(26)10-8-18/h2-10,13-14H,11-12,15-17H2,1H3,(H,27,31). The van der Waals surface area contributed by atoms with Crippen molar-refractivity contribution in [1.82, 2.24) is 14.7 Å². The number of ether oxygens (including phenoxy) is 1. The third-order valence-electron chi connectivity index (χ3n) is 5.16. The molecular formula is C25H25FN4O3S. The molecule has 0 atom stereocenters. The van der Waals surface area contributed by atoms with E-state index in [1.165, 1.54) is 23.7 Å². The van der Waals surface area contributed by atoms with Crippen LogP contribution in [0.2, 0.25) is 0 Å². The second-order valence-electron chi connectivity index (χ2n) is 7.68. The van der Waals surface area contributed by atoms with Crippen LogP contribution >= 0.6 is 11.5 Å². The molecule has 0 unspecified atom stereocenters. The number of furan rings is 1. The Balaban J connectivity index is 1.38. The van der Waals surface area contributed by atoms with E-state index < -0.39 is 0 Å². The summed E-state index contributed by atoms with van der Waals surface area (Å²) in [5.41, 5.74) is 1.90. The molecule has 9 heteroatoms. The van der Waals surface area contributed by atoms with Gasteiger partial charge in [-0.25, -0.2) is 9.37 Å². The summed E-state index contributed by atoms with van der Waals surface area (Å²) < 4.78 is 28.4. The second-order valence-corrected chi connectivity index (χ2v) is 8.41. The number of nitrogens with one attached hydrogen (secondary N) is 1. The summed E-state index contributed by atoms with van der Waals surface area (Å²) in [7, 11) is 1.64. The molecule has 0 spiro atoms. The average molecular weight is 481 g/mol. The molecule has 0 aliphatic carbocycles. The van der Waals surface area contributed by atoms with Crippen molar-refractivity contribution >= 4 is 22.6 Å². The molecule has 0 fully saturated rings. The molecule has 0 aliphatic rings. The van der Waals surface area contributed by atoms with Crippen molar-refractivity contribution in [2.45, 2.75) is 25.9 Å². The highest BCUT2D eigenvalue weighted by atomic mass is 32.1. The van der Waals surface area contributed by atoms with Gasteiger partial charge in [-0.3, -0.25) is 4.79 Å². The second kappa shape index (κ2) is 11.4. The SMILES string of the molecule is COc1cccc(Cc2nsc(N(CCC(=O)NCc3ccc(F)cc3)Cc3ccco3)n2)c1. The van der Waals surface area contributed by atoms with Gasteiger partial charge in [-0.2, -0.15) is 4.37 Å². The third-order valence-corrected chi connectivity index (χ3v) is 5.98. The first-order valence-electron chi connectivity index (χ1n) is 10.8. The smallest absolute Gasteiger partial charge is 0.222 e. The molecule has 1 amide bonds. The van der Waals surface area contributed by atoms with Crippen molar-refractivity contribution in [3.05, 3.63) is 95.5 Å². The molecule has 176 valence electrons. The van der Waals surface area contributed by atoms with E-state index in [0.29, 0.717) is 31.9 Å². The molecular weight excluding hydrogens is 455 g/mol. The summed E-state index contributed by atoms with van der Waals surface area (Å²) in [6.07, 6.45) is 2.48. The first-order chi connectivity index (χ1) is 16.6. The van der Waals surface area contributed by atoms with E-state index in [0.717, 1.165) is 27.8 Å². The highest BCUT2D eigenvalue weighted by Gasteiger charge is 2.16. The number of carbonyl (C=O) groups excluding carboxylic acids is 1. The van der Waals surface area contributed by atoms with Gasteiger partial charge >= 0.3 is 0 Å². The van der Waals surface area contributed by atoms with Gasteiger partial charge in [0.15, 0.2) is 0 Å². The number of benzene rings is 2. The Morgan fingerprint density at radius 1 is 1.15 bits per heavy atom. The minimum Gasteiger partial charge on any atom is -0.497 e. The molecule has 2 aromatic carbocycles. The Morgan fingerprint density at radius 3 is 2.76 bits per heavy atom. The first-order valence-corrected chi connectivity index (χ1v) is 11.6. The van der Waals surface area contributed by atoms with E-state index >= 15 is 0 Å². The van der Waals surface area contributed by atoms with Gasteiger partial charge in [-0.15, -0.1) is 0 Å². The molecule has 0 aliphatic heterocycles. The van der Waals surface area contributed by atoms with E-state index in [1.54, 1.807) is 25.5 Å².